The molecule has 1 amide bonds. The SMILES string of the molecule is O=C(Nc1nc2c(Cl)cccc2s1)C1CCN(S(=O)(=O)c2ccc(F)cc2F)CC1. The lowest BCUT2D eigenvalue weighted by molar-refractivity contribution is -0.120. The van der Waals surface area contributed by atoms with E-state index in [1.807, 2.05) is 6.07 Å². The van der Waals surface area contributed by atoms with Gasteiger partial charge in [0, 0.05) is 25.1 Å². The van der Waals surface area contributed by atoms with Crippen LogP contribution in [0.25, 0.3) is 10.2 Å². The van der Waals surface area contributed by atoms with Crippen LogP contribution in [-0.2, 0) is 14.8 Å². The average Bonchev–Trinajstić information content (AvgIpc) is 3.11. The van der Waals surface area contributed by atoms with Gasteiger partial charge in [0.25, 0.3) is 0 Å². The number of carbonyl (C=O) groups excluding carboxylic acids is 1. The molecule has 30 heavy (non-hydrogen) atoms. The van der Waals surface area contributed by atoms with Gasteiger partial charge < -0.3 is 5.32 Å². The fourth-order valence-corrected chi connectivity index (χ4v) is 6.04. The number of rotatable bonds is 4. The number of halogens is 3. The highest BCUT2D eigenvalue weighted by atomic mass is 35.5. The van der Waals surface area contributed by atoms with E-state index in [1.54, 1.807) is 12.1 Å². The molecule has 3 aromatic rings. The number of para-hydroxylation sites is 1. The van der Waals surface area contributed by atoms with Crippen LogP contribution in [0.1, 0.15) is 12.8 Å². The van der Waals surface area contributed by atoms with Crippen molar-refractivity contribution in [2.45, 2.75) is 17.7 Å². The normalized spacial score (nSPS) is 16.1. The Morgan fingerprint density at radius 3 is 2.60 bits per heavy atom. The first-order valence-electron chi connectivity index (χ1n) is 9.07. The highest BCUT2D eigenvalue weighted by molar-refractivity contribution is 7.89. The predicted octanol–water partition coefficient (Wildman–Crippen LogP) is 4.27. The lowest BCUT2D eigenvalue weighted by Crippen LogP contribution is -2.41. The van der Waals surface area contributed by atoms with E-state index in [1.165, 1.54) is 11.3 Å². The van der Waals surface area contributed by atoms with Crippen LogP contribution < -0.4 is 5.32 Å². The molecule has 4 rings (SSSR count). The summed E-state index contributed by atoms with van der Waals surface area (Å²) in [7, 11) is -4.10. The second kappa shape index (κ2) is 8.18. The van der Waals surface area contributed by atoms with Crippen molar-refractivity contribution in [1.29, 1.82) is 0 Å². The summed E-state index contributed by atoms with van der Waals surface area (Å²) in [6, 6.07) is 7.73. The molecule has 1 fully saturated rings. The smallest absolute Gasteiger partial charge is 0.245 e. The number of anilines is 1. The van der Waals surface area contributed by atoms with Gasteiger partial charge in [-0.25, -0.2) is 22.2 Å². The van der Waals surface area contributed by atoms with E-state index in [4.69, 9.17) is 11.6 Å². The summed E-state index contributed by atoms with van der Waals surface area (Å²) in [5.41, 5.74) is 0.613. The Labute approximate surface area is 180 Å². The third-order valence-electron chi connectivity index (χ3n) is 4.94. The first-order valence-corrected chi connectivity index (χ1v) is 11.7. The van der Waals surface area contributed by atoms with Gasteiger partial charge >= 0.3 is 0 Å². The van der Waals surface area contributed by atoms with Crippen LogP contribution in [0.4, 0.5) is 13.9 Å². The van der Waals surface area contributed by atoms with E-state index < -0.39 is 32.5 Å². The number of benzene rings is 2. The van der Waals surface area contributed by atoms with Gasteiger partial charge in [-0.15, -0.1) is 0 Å². The molecule has 2 heterocycles. The maximum atomic E-state index is 13.9. The molecule has 1 saturated heterocycles. The summed E-state index contributed by atoms with van der Waals surface area (Å²) in [6.07, 6.45) is 0.555. The number of piperidine rings is 1. The van der Waals surface area contributed by atoms with E-state index in [0.29, 0.717) is 21.7 Å². The van der Waals surface area contributed by atoms with Crippen molar-refractivity contribution in [2.75, 3.05) is 18.4 Å². The van der Waals surface area contributed by atoms with Crippen LogP contribution in [0, 0.1) is 17.6 Å². The van der Waals surface area contributed by atoms with Crippen molar-refractivity contribution >= 4 is 54.2 Å². The Hall–Kier alpha value is -2.14. The highest BCUT2D eigenvalue weighted by Gasteiger charge is 2.34. The molecule has 0 atom stereocenters. The van der Waals surface area contributed by atoms with Crippen LogP contribution in [0.2, 0.25) is 5.02 Å². The number of hydrogen-bond acceptors (Lipinski definition) is 5. The summed E-state index contributed by atoms with van der Waals surface area (Å²) in [6.45, 7) is 0.117. The van der Waals surface area contributed by atoms with Crippen LogP contribution in [0.15, 0.2) is 41.3 Å². The van der Waals surface area contributed by atoms with Crippen molar-refractivity contribution in [3.05, 3.63) is 53.1 Å². The maximum absolute atomic E-state index is 13.9. The van der Waals surface area contributed by atoms with Crippen LogP contribution in [0.3, 0.4) is 0 Å². The molecule has 1 aliphatic rings. The number of nitrogens with one attached hydrogen (secondary N) is 1. The number of nitrogens with zero attached hydrogens (tertiary/aromatic N) is 2. The van der Waals surface area contributed by atoms with Crippen LogP contribution in [0.5, 0.6) is 0 Å². The van der Waals surface area contributed by atoms with Crippen molar-refractivity contribution in [1.82, 2.24) is 9.29 Å². The lowest BCUT2D eigenvalue weighted by atomic mass is 9.97. The molecule has 6 nitrogen and oxygen atoms in total. The van der Waals surface area contributed by atoms with Gasteiger partial charge in [-0.05, 0) is 37.1 Å². The molecule has 1 aliphatic heterocycles. The Kier molecular flexibility index (Phi) is 5.75. The molecule has 0 spiro atoms. The maximum Gasteiger partial charge on any atom is 0.245 e. The van der Waals surface area contributed by atoms with E-state index in [-0.39, 0.29) is 31.8 Å². The molecule has 0 radical (unpaired) electrons. The van der Waals surface area contributed by atoms with Crippen molar-refractivity contribution in [3.8, 4) is 0 Å². The van der Waals surface area contributed by atoms with Gasteiger partial charge in [0.15, 0.2) is 5.13 Å². The molecule has 1 N–H and O–H groups in total. The van der Waals surface area contributed by atoms with Gasteiger partial charge in [-0.3, -0.25) is 4.79 Å². The Balaban J connectivity index is 1.42. The van der Waals surface area contributed by atoms with Crippen LogP contribution >= 0.6 is 22.9 Å². The number of fused-ring (bicyclic) bond motifs is 1. The Bertz CT molecular complexity index is 1220. The predicted molar refractivity (Wildman–Crippen MR) is 111 cm³/mol. The fraction of sp³-hybridized carbons (Fsp3) is 0.263. The first-order chi connectivity index (χ1) is 14.3. The quantitative estimate of drug-likeness (QED) is 0.616. The third-order valence-corrected chi connectivity index (χ3v) is 8.11. The van der Waals surface area contributed by atoms with E-state index in [2.05, 4.69) is 10.3 Å². The van der Waals surface area contributed by atoms with Crippen molar-refractivity contribution < 1.29 is 22.0 Å². The van der Waals surface area contributed by atoms with Gasteiger partial charge in [0.1, 0.15) is 22.0 Å². The summed E-state index contributed by atoms with van der Waals surface area (Å²) >= 11 is 7.41. The number of carbonyl (C=O) groups is 1. The molecular weight excluding hydrogens is 456 g/mol. The highest BCUT2D eigenvalue weighted by Crippen LogP contribution is 2.32. The number of amides is 1. The van der Waals surface area contributed by atoms with Gasteiger partial charge in [-0.2, -0.15) is 4.31 Å². The standard InChI is InChI=1S/C19H16ClF2N3O3S2/c20-13-2-1-3-15-17(13)23-19(29-15)24-18(26)11-6-8-25(9-7-11)30(27,28)16-5-4-12(21)10-14(16)22/h1-5,10-11H,6-9H2,(H,23,24,26). The monoisotopic (exact) mass is 471 g/mol. The second-order valence-electron chi connectivity index (χ2n) is 6.85. The van der Waals surface area contributed by atoms with E-state index in [0.717, 1.165) is 21.1 Å². The van der Waals surface area contributed by atoms with Crippen molar-refractivity contribution in [3.63, 3.8) is 0 Å². The minimum absolute atomic E-state index is 0.0584. The lowest BCUT2D eigenvalue weighted by Gasteiger charge is -2.30. The van der Waals surface area contributed by atoms with Gasteiger partial charge in [0.2, 0.25) is 15.9 Å². The molecule has 0 bridgehead atoms. The Morgan fingerprint density at radius 1 is 1.20 bits per heavy atom. The van der Waals surface area contributed by atoms with Gasteiger partial charge in [-0.1, -0.05) is 29.0 Å². The molecular formula is C19H16ClF2N3O3S2. The largest absolute Gasteiger partial charge is 0.302 e. The summed E-state index contributed by atoms with van der Waals surface area (Å²) in [4.78, 5) is 16.4. The zero-order valence-electron chi connectivity index (χ0n) is 15.4. The fourth-order valence-electron chi connectivity index (χ4n) is 3.36. The molecule has 158 valence electrons. The topological polar surface area (TPSA) is 79.4 Å². The third kappa shape index (κ3) is 4.04. The zero-order chi connectivity index (χ0) is 21.5. The van der Waals surface area contributed by atoms with E-state index in [9.17, 15) is 22.0 Å². The Morgan fingerprint density at radius 2 is 1.93 bits per heavy atom. The number of thiazole rings is 1. The van der Waals surface area contributed by atoms with Crippen LogP contribution in [-0.4, -0.2) is 36.7 Å². The molecule has 0 saturated carbocycles. The first kappa shape index (κ1) is 21.1. The molecule has 1 aromatic heterocycles. The molecule has 2 aromatic carbocycles. The average molecular weight is 472 g/mol. The van der Waals surface area contributed by atoms with Crippen molar-refractivity contribution in [2.24, 2.45) is 5.92 Å². The summed E-state index contributed by atoms with van der Waals surface area (Å²) in [5, 5.41) is 3.69. The number of hydrogen-bond donors (Lipinski definition) is 1. The number of aromatic nitrogens is 1. The molecule has 0 aliphatic carbocycles. The minimum atomic E-state index is -4.10. The minimum Gasteiger partial charge on any atom is -0.302 e. The second-order valence-corrected chi connectivity index (χ2v) is 10.2. The van der Waals surface area contributed by atoms with Gasteiger partial charge in [0.05, 0.1) is 9.72 Å². The van der Waals surface area contributed by atoms with E-state index >= 15 is 0 Å². The summed E-state index contributed by atoms with van der Waals surface area (Å²) < 4.78 is 54.3. The molecule has 11 heteroatoms. The summed E-state index contributed by atoms with van der Waals surface area (Å²) in [5.74, 6) is -2.64. The molecule has 0 unspecified atom stereocenters. The number of sulfonamides is 1. The zero-order valence-corrected chi connectivity index (χ0v) is 17.8.